The lowest BCUT2D eigenvalue weighted by atomic mass is 9.98. The maximum absolute atomic E-state index is 13.4. The second-order valence-corrected chi connectivity index (χ2v) is 8.97. The second kappa shape index (κ2) is 8.04. The summed E-state index contributed by atoms with van der Waals surface area (Å²) in [6.07, 6.45) is 5.31. The van der Waals surface area contributed by atoms with Crippen LogP contribution in [0.25, 0.3) is 5.65 Å². The molecule has 2 fully saturated rings. The quantitative estimate of drug-likeness (QED) is 0.618. The lowest BCUT2D eigenvalue weighted by Crippen LogP contribution is -2.39. The van der Waals surface area contributed by atoms with Gasteiger partial charge in [-0.25, -0.2) is 9.50 Å². The number of nitrogens with zero attached hydrogens (tertiary/aromatic N) is 5. The van der Waals surface area contributed by atoms with Crippen LogP contribution in [0.4, 0.5) is 11.5 Å². The van der Waals surface area contributed by atoms with E-state index in [1.807, 2.05) is 15.5 Å². The molecule has 2 aliphatic rings. The van der Waals surface area contributed by atoms with Crippen LogP contribution in [-0.2, 0) is 0 Å². The van der Waals surface area contributed by atoms with E-state index in [1.165, 1.54) is 12.8 Å². The molecule has 0 bridgehead atoms. The van der Waals surface area contributed by atoms with Gasteiger partial charge in [-0.15, -0.1) is 0 Å². The summed E-state index contributed by atoms with van der Waals surface area (Å²) in [6.45, 7) is 4.83. The minimum absolute atomic E-state index is 0.0933. The fourth-order valence-electron chi connectivity index (χ4n) is 4.75. The van der Waals surface area contributed by atoms with E-state index < -0.39 is 0 Å². The molecule has 7 nitrogen and oxygen atoms in total. The van der Waals surface area contributed by atoms with Gasteiger partial charge in [0, 0.05) is 48.2 Å². The smallest absolute Gasteiger partial charge is 0.256 e. The second-order valence-electron chi connectivity index (χ2n) is 8.53. The molecule has 1 amide bonds. The van der Waals surface area contributed by atoms with Crippen molar-refractivity contribution in [1.82, 2.24) is 19.5 Å². The van der Waals surface area contributed by atoms with Crippen LogP contribution < -0.4 is 10.6 Å². The van der Waals surface area contributed by atoms with Gasteiger partial charge in [0.05, 0.1) is 17.3 Å². The highest BCUT2D eigenvalue weighted by Crippen LogP contribution is 2.34. The highest BCUT2D eigenvalue weighted by molar-refractivity contribution is 6.31. The van der Waals surface area contributed by atoms with Crippen molar-refractivity contribution in [2.75, 3.05) is 30.3 Å². The number of anilines is 2. The fourth-order valence-corrected chi connectivity index (χ4v) is 4.92. The van der Waals surface area contributed by atoms with Crippen LogP contribution in [0.1, 0.15) is 59.9 Å². The first-order chi connectivity index (χ1) is 15.0. The summed E-state index contributed by atoms with van der Waals surface area (Å²) >= 11 is 6.14. The maximum atomic E-state index is 13.4. The predicted octanol–water partition coefficient (Wildman–Crippen LogP) is 4.24. The lowest BCUT2D eigenvalue weighted by molar-refractivity contribution is 0.0607. The van der Waals surface area contributed by atoms with Gasteiger partial charge < -0.3 is 15.5 Å². The Bertz CT molecular complexity index is 1140. The van der Waals surface area contributed by atoms with E-state index >= 15 is 0 Å². The molecule has 2 aliphatic heterocycles. The average Bonchev–Trinajstić information content (AvgIpc) is 3.45. The van der Waals surface area contributed by atoms with Gasteiger partial charge in [-0.05, 0) is 57.2 Å². The van der Waals surface area contributed by atoms with Crippen LogP contribution in [0.3, 0.4) is 0 Å². The van der Waals surface area contributed by atoms with Gasteiger partial charge in [0.25, 0.3) is 5.91 Å². The Morgan fingerprint density at radius 3 is 2.68 bits per heavy atom. The van der Waals surface area contributed by atoms with Gasteiger partial charge in [-0.1, -0.05) is 11.6 Å². The predicted molar refractivity (Wildman–Crippen MR) is 123 cm³/mol. The number of aryl methyl sites for hydroxylation is 1. The third-order valence-corrected chi connectivity index (χ3v) is 6.63. The van der Waals surface area contributed by atoms with Crippen LogP contribution in [-0.4, -0.2) is 45.0 Å². The van der Waals surface area contributed by atoms with Crippen molar-refractivity contribution in [3.05, 3.63) is 52.3 Å². The number of nitrogens with two attached hydrogens (primary N) is 1. The van der Waals surface area contributed by atoms with Crippen molar-refractivity contribution in [3.8, 4) is 0 Å². The first kappa shape index (κ1) is 20.1. The van der Waals surface area contributed by atoms with Crippen LogP contribution in [0, 0.1) is 6.92 Å². The molecule has 4 heterocycles. The summed E-state index contributed by atoms with van der Waals surface area (Å²) in [7, 11) is 0. The Morgan fingerprint density at radius 2 is 1.87 bits per heavy atom. The Hall–Kier alpha value is -2.80. The molecule has 1 atom stereocenters. The van der Waals surface area contributed by atoms with E-state index in [9.17, 15) is 4.79 Å². The van der Waals surface area contributed by atoms with Crippen molar-refractivity contribution in [3.63, 3.8) is 0 Å². The largest absolute Gasteiger partial charge is 0.398 e. The zero-order valence-electron chi connectivity index (χ0n) is 17.7. The Balaban J connectivity index is 1.50. The van der Waals surface area contributed by atoms with Crippen LogP contribution in [0.2, 0.25) is 5.02 Å². The molecule has 8 heteroatoms. The minimum Gasteiger partial charge on any atom is -0.398 e. The Morgan fingerprint density at radius 1 is 1.10 bits per heavy atom. The summed E-state index contributed by atoms with van der Waals surface area (Å²) in [4.78, 5) is 22.5. The van der Waals surface area contributed by atoms with Crippen LogP contribution in [0.15, 0.2) is 30.3 Å². The zero-order chi connectivity index (χ0) is 21.5. The molecule has 1 aromatic carbocycles. The molecule has 0 radical (unpaired) electrons. The normalized spacial score (nSPS) is 19.4. The van der Waals surface area contributed by atoms with E-state index in [4.69, 9.17) is 27.4 Å². The summed E-state index contributed by atoms with van der Waals surface area (Å²) in [5.74, 6) is 0.918. The number of carbonyl (C=O) groups excluding carboxylic acids is 1. The number of likely N-dealkylation sites (tertiary alicyclic amines) is 1. The number of hydrogen-bond donors (Lipinski definition) is 1. The van der Waals surface area contributed by atoms with Gasteiger partial charge in [0.2, 0.25) is 0 Å². The number of rotatable bonds is 3. The SMILES string of the molecule is Cc1cc(N2CCCC2)nc2cc(C3CCCCN3C(=O)c3cc(Cl)ccc3N)nn12. The molecule has 31 heavy (non-hydrogen) atoms. The third kappa shape index (κ3) is 3.71. The molecule has 162 valence electrons. The standard InChI is InChI=1S/C23H27ClN6O/c1-15-12-21(28-9-4-5-10-28)26-22-14-19(27-30(15)22)20-6-2-3-11-29(20)23(31)17-13-16(24)7-8-18(17)25/h7-8,12-14,20H,2-6,9-11,25H2,1H3. The van der Waals surface area contributed by atoms with Crippen LogP contribution in [0.5, 0.6) is 0 Å². The van der Waals surface area contributed by atoms with Crippen LogP contribution >= 0.6 is 11.6 Å². The van der Waals surface area contributed by atoms with Crippen molar-refractivity contribution in [1.29, 1.82) is 0 Å². The molecule has 5 rings (SSSR count). The number of amides is 1. The van der Waals surface area contributed by atoms with E-state index in [2.05, 4.69) is 17.9 Å². The maximum Gasteiger partial charge on any atom is 0.256 e. The summed E-state index contributed by atoms with van der Waals surface area (Å²) < 4.78 is 1.89. The number of hydrogen-bond acceptors (Lipinski definition) is 5. The number of carbonyl (C=O) groups is 1. The molecule has 2 aromatic heterocycles. The monoisotopic (exact) mass is 438 g/mol. The molecular formula is C23H27ClN6O. The van der Waals surface area contributed by atoms with E-state index in [-0.39, 0.29) is 11.9 Å². The van der Waals surface area contributed by atoms with E-state index in [1.54, 1.807) is 18.2 Å². The summed E-state index contributed by atoms with van der Waals surface area (Å²) in [6, 6.07) is 9.08. The molecule has 2 saturated heterocycles. The number of piperidine rings is 1. The van der Waals surface area contributed by atoms with Crippen molar-refractivity contribution >= 4 is 34.7 Å². The Kier molecular flexibility index (Phi) is 5.22. The van der Waals surface area contributed by atoms with E-state index in [0.717, 1.165) is 55.2 Å². The molecule has 0 spiro atoms. The lowest BCUT2D eigenvalue weighted by Gasteiger charge is -2.35. The topological polar surface area (TPSA) is 79.8 Å². The van der Waals surface area contributed by atoms with Crippen molar-refractivity contribution in [2.24, 2.45) is 0 Å². The highest BCUT2D eigenvalue weighted by atomic mass is 35.5. The zero-order valence-corrected chi connectivity index (χ0v) is 18.5. The van der Waals surface area contributed by atoms with Gasteiger partial charge in [-0.2, -0.15) is 5.10 Å². The molecular weight excluding hydrogens is 412 g/mol. The molecule has 1 unspecified atom stereocenters. The van der Waals surface area contributed by atoms with Crippen molar-refractivity contribution in [2.45, 2.75) is 45.1 Å². The average molecular weight is 439 g/mol. The fraction of sp³-hybridized carbons (Fsp3) is 0.435. The first-order valence-corrected chi connectivity index (χ1v) is 11.4. The van der Waals surface area contributed by atoms with Gasteiger partial charge >= 0.3 is 0 Å². The summed E-state index contributed by atoms with van der Waals surface area (Å²) in [5, 5.41) is 5.36. The minimum atomic E-state index is -0.101. The highest BCUT2D eigenvalue weighted by Gasteiger charge is 2.32. The number of halogens is 1. The molecule has 0 saturated carbocycles. The number of benzene rings is 1. The Labute approximate surface area is 186 Å². The number of nitrogen functional groups attached to an aromatic ring is 1. The molecule has 2 N–H and O–H groups in total. The number of fused-ring (bicyclic) bond motifs is 1. The van der Waals surface area contributed by atoms with Gasteiger partial charge in [0.1, 0.15) is 5.82 Å². The third-order valence-electron chi connectivity index (χ3n) is 6.39. The summed E-state index contributed by atoms with van der Waals surface area (Å²) in [5.41, 5.74) is 9.75. The molecule has 3 aromatic rings. The molecule has 0 aliphatic carbocycles. The number of aromatic nitrogens is 3. The van der Waals surface area contributed by atoms with Gasteiger partial charge in [0.15, 0.2) is 5.65 Å². The first-order valence-electron chi connectivity index (χ1n) is 11.0. The van der Waals surface area contributed by atoms with E-state index in [0.29, 0.717) is 22.8 Å². The van der Waals surface area contributed by atoms with Crippen molar-refractivity contribution < 1.29 is 4.79 Å². The van der Waals surface area contributed by atoms with Gasteiger partial charge in [-0.3, -0.25) is 4.79 Å².